The molecule has 0 spiro atoms. The van der Waals surface area contributed by atoms with Gasteiger partial charge in [0.2, 0.25) is 0 Å². The first-order chi connectivity index (χ1) is 6.96. The van der Waals surface area contributed by atoms with Crippen molar-refractivity contribution in [3.05, 3.63) is 35.8 Å². The van der Waals surface area contributed by atoms with E-state index in [0.717, 1.165) is 16.5 Å². The van der Waals surface area contributed by atoms with Gasteiger partial charge in [-0.3, -0.25) is 0 Å². The van der Waals surface area contributed by atoms with Crippen molar-refractivity contribution in [2.45, 2.75) is 19.1 Å². The number of hydrogen-bond donors (Lipinski definition) is 3. The lowest BCUT2D eigenvalue weighted by Crippen LogP contribution is -2.37. The Labute approximate surface area is 86.7 Å². The van der Waals surface area contributed by atoms with Crippen molar-refractivity contribution in [1.82, 2.24) is 4.98 Å². The number of rotatable bonds is 2. The maximum Gasteiger partial charge on any atom is 0.123 e. The van der Waals surface area contributed by atoms with Crippen LogP contribution in [0.1, 0.15) is 12.5 Å². The van der Waals surface area contributed by atoms with Crippen LogP contribution in [0.3, 0.4) is 0 Å². The van der Waals surface area contributed by atoms with Crippen molar-refractivity contribution in [3.8, 4) is 0 Å². The second-order valence-electron chi connectivity index (χ2n) is 4.04. The predicted molar refractivity (Wildman–Crippen MR) is 56.8 cm³/mol. The molecule has 2 aromatic rings. The Morgan fingerprint density at radius 3 is 2.93 bits per heavy atom. The molecular formula is C11H13FN2O. The van der Waals surface area contributed by atoms with E-state index in [0.29, 0.717) is 0 Å². The quantitative estimate of drug-likeness (QED) is 0.655. The molecule has 1 aromatic carbocycles. The van der Waals surface area contributed by atoms with Crippen molar-refractivity contribution in [1.29, 1.82) is 0 Å². The first-order valence-corrected chi connectivity index (χ1v) is 4.72. The summed E-state index contributed by atoms with van der Waals surface area (Å²) in [4.78, 5) is 3.00. The number of H-pyrrole nitrogens is 1. The van der Waals surface area contributed by atoms with Crippen molar-refractivity contribution in [2.75, 3.05) is 0 Å². The highest BCUT2D eigenvalue weighted by Gasteiger charge is 2.16. The van der Waals surface area contributed by atoms with Crippen LogP contribution < -0.4 is 5.73 Å². The number of aromatic amines is 1. The van der Waals surface area contributed by atoms with Crippen molar-refractivity contribution < 1.29 is 9.50 Å². The standard InChI is InChI=1S/C11H13FN2O/c1-11(13,15)5-7-6-14-10-3-2-8(12)4-9(7)10/h2-4,6,14-15H,5,13H2,1H3. The van der Waals surface area contributed by atoms with E-state index in [4.69, 9.17) is 5.73 Å². The molecule has 4 N–H and O–H groups in total. The van der Waals surface area contributed by atoms with E-state index < -0.39 is 5.72 Å². The Bertz CT molecular complexity index is 485. The minimum atomic E-state index is -1.28. The zero-order valence-corrected chi connectivity index (χ0v) is 8.42. The topological polar surface area (TPSA) is 62.0 Å². The first kappa shape index (κ1) is 10.1. The molecule has 1 heterocycles. The van der Waals surface area contributed by atoms with Gasteiger partial charge < -0.3 is 15.8 Å². The van der Waals surface area contributed by atoms with Crippen LogP contribution in [0.2, 0.25) is 0 Å². The Kier molecular flexibility index (Phi) is 2.25. The Morgan fingerprint density at radius 2 is 2.27 bits per heavy atom. The molecule has 0 aliphatic heterocycles. The minimum Gasteiger partial charge on any atom is -0.376 e. The Hall–Kier alpha value is -1.39. The van der Waals surface area contributed by atoms with Crippen LogP contribution in [-0.4, -0.2) is 15.8 Å². The predicted octanol–water partition coefficient (Wildman–Crippen LogP) is 1.52. The van der Waals surface area contributed by atoms with Crippen molar-refractivity contribution >= 4 is 10.9 Å². The van der Waals surface area contributed by atoms with Crippen LogP contribution in [0, 0.1) is 5.82 Å². The van der Waals surface area contributed by atoms with Crippen LogP contribution in [0.25, 0.3) is 10.9 Å². The molecule has 0 saturated carbocycles. The molecule has 0 bridgehead atoms. The van der Waals surface area contributed by atoms with E-state index in [-0.39, 0.29) is 12.2 Å². The molecule has 4 heteroatoms. The van der Waals surface area contributed by atoms with E-state index in [1.807, 2.05) is 0 Å². The number of aromatic nitrogens is 1. The fourth-order valence-electron chi connectivity index (χ4n) is 1.68. The third-order valence-electron chi connectivity index (χ3n) is 2.28. The molecule has 1 atom stereocenters. The van der Waals surface area contributed by atoms with Gasteiger partial charge in [-0.1, -0.05) is 0 Å². The number of benzene rings is 1. The van der Waals surface area contributed by atoms with Gasteiger partial charge in [0, 0.05) is 23.5 Å². The van der Waals surface area contributed by atoms with Gasteiger partial charge in [-0.2, -0.15) is 0 Å². The molecule has 80 valence electrons. The molecule has 0 saturated heterocycles. The monoisotopic (exact) mass is 208 g/mol. The van der Waals surface area contributed by atoms with E-state index in [9.17, 15) is 9.50 Å². The van der Waals surface area contributed by atoms with E-state index in [1.165, 1.54) is 19.1 Å². The normalized spacial score (nSPS) is 15.5. The molecule has 1 aromatic heterocycles. The summed E-state index contributed by atoms with van der Waals surface area (Å²) in [5, 5.41) is 10.3. The highest BCUT2D eigenvalue weighted by Crippen LogP contribution is 2.21. The molecule has 3 nitrogen and oxygen atoms in total. The SMILES string of the molecule is CC(N)(O)Cc1c[nH]c2ccc(F)cc12. The Balaban J connectivity index is 2.48. The zero-order valence-electron chi connectivity index (χ0n) is 8.42. The number of aliphatic hydroxyl groups is 1. The summed E-state index contributed by atoms with van der Waals surface area (Å²) in [6.07, 6.45) is 2.03. The molecule has 0 radical (unpaired) electrons. The van der Waals surface area contributed by atoms with E-state index >= 15 is 0 Å². The second-order valence-corrected chi connectivity index (χ2v) is 4.04. The number of hydrogen-bond acceptors (Lipinski definition) is 2. The Morgan fingerprint density at radius 1 is 1.53 bits per heavy atom. The van der Waals surface area contributed by atoms with Crippen molar-refractivity contribution in [2.24, 2.45) is 5.73 Å². The van der Waals surface area contributed by atoms with Gasteiger partial charge in [0.1, 0.15) is 11.5 Å². The molecule has 0 fully saturated rings. The second kappa shape index (κ2) is 3.32. The molecule has 15 heavy (non-hydrogen) atoms. The number of nitrogens with one attached hydrogen (secondary N) is 1. The fraction of sp³-hybridized carbons (Fsp3) is 0.273. The fourth-order valence-corrected chi connectivity index (χ4v) is 1.68. The van der Waals surface area contributed by atoms with E-state index in [2.05, 4.69) is 4.98 Å². The maximum atomic E-state index is 13.0. The summed E-state index contributed by atoms with van der Waals surface area (Å²) in [6.45, 7) is 1.52. The van der Waals surface area contributed by atoms with Gasteiger partial charge in [-0.25, -0.2) is 4.39 Å². The zero-order chi connectivity index (χ0) is 11.1. The molecule has 0 aliphatic rings. The number of nitrogens with two attached hydrogens (primary N) is 1. The third kappa shape index (κ3) is 2.16. The molecule has 0 aliphatic carbocycles. The molecule has 1 unspecified atom stereocenters. The summed E-state index contributed by atoms with van der Waals surface area (Å²) < 4.78 is 13.0. The van der Waals surface area contributed by atoms with Crippen molar-refractivity contribution in [3.63, 3.8) is 0 Å². The molecule has 2 rings (SSSR count). The summed E-state index contributed by atoms with van der Waals surface area (Å²) in [7, 11) is 0. The van der Waals surface area contributed by atoms with Crippen LogP contribution >= 0.6 is 0 Å². The first-order valence-electron chi connectivity index (χ1n) is 4.72. The lowest BCUT2D eigenvalue weighted by Gasteiger charge is -2.16. The van der Waals surface area contributed by atoms with Gasteiger partial charge in [-0.05, 0) is 30.7 Å². The van der Waals surface area contributed by atoms with Gasteiger partial charge in [-0.15, -0.1) is 0 Å². The molecule has 0 amide bonds. The van der Waals surface area contributed by atoms with Gasteiger partial charge in [0.15, 0.2) is 0 Å². The van der Waals surface area contributed by atoms with Crippen LogP contribution in [0.4, 0.5) is 4.39 Å². The summed E-state index contributed by atoms with van der Waals surface area (Å²) in [5.41, 5.74) is 5.89. The summed E-state index contributed by atoms with van der Waals surface area (Å²) in [6, 6.07) is 4.50. The largest absolute Gasteiger partial charge is 0.376 e. The van der Waals surface area contributed by atoms with Gasteiger partial charge in [0.05, 0.1) is 0 Å². The number of fused-ring (bicyclic) bond motifs is 1. The van der Waals surface area contributed by atoms with Crippen LogP contribution in [0.5, 0.6) is 0 Å². The highest BCUT2D eigenvalue weighted by molar-refractivity contribution is 5.83. The van der Waals surface area contributed by atoms with Crippen LogP contribution in [-0.2, 0) is 6.42 Å². The lowest BCUT2D eigenvalue weighted by atomic mass is 10.0. The smallest absolute Gasteiger partial charge is 0.123 e. The third-order valence-corrected chi connectivity index (χ3v) is 2.28. The maximum absolute atomic E-state index is 13.0. The summed E-state index contributed by atoms with van der Waals surface area (Å²) >= 11 is 0. The highest BCUT2D eigenvalue weighted by atomic mass is 19.1. The minimum absolute atomic E-state index is 0.288. The summed E-state index contributed by atoms with van der Waals surface area (Å²) in [5.74, 6) is -0.292. The number of halogens is 1. The van der Waals surface area contributed by atoms with Gasteiger partial charge in [0.25, 0.3) is 0 Å². The van der Waals surface area contributed by atoms with Crippen LogP contribution in [0.15, 0.2) is 24.4 Å². The van der Waals surface area contributed by atoms with E-state index in [1.54, 1.807) is 12.3 Å². The molecular weight excluding hydrogens is 195 g/mol. The average Bonchev–Trinajstić information content (AvgIpc) is 2.46. The van der Waals surface area contributed by atoms with Gasteiger partial charge >= 0.3 is 0 Å². The lowest BCUT2D eigenvalue weighted by molar-refractivity contribution is 0.0680. The average molecular weight is 208 g/mol.